The lowest BCUT2D eigenvalue weighted by molar-refractivity contribution is -0.131. The molecule has 154 valence electrons. The van der Waals surface area contributed by atoms with Crippen LogP contribution in [-0.2, 0) is 14.6 Å². The summed E-state index contributed by atoms with van der Waals surface area (Å²) in [6, 6.07) is 7.14. The Kier molecular flexibility index (Phi) is 9.62. The number of sulfone groups is 1. The van der Waals surface area contributed by atoms with Crippen LogP contribution < -0.4 is 5.73 Å². The van der Waals surface area contributed by atoms with Gasteiger partial charge in [-0.2, -0.15) is 0 Å². The second-order valence-electron chi connectivity index (χ2n) is 7.05. The lowest BCUT2D eigenvalue weighted by Gasteiger charge is -2.35. The van der Waals surface area contributed by atoms with Crippen LogP contribution in [0.1, 0.15) is 40.0 Å². The van der Waals surface area contributed by atoms with Crippen molar-refractivity contribution in [2.75, 3.05) is 18.8 Å². The van der Waals surface area contributed by atoms with Crippen molar-refractivity contribution in [3.63, 3.8) is 0 Å². The number of hydrogen-bond donors (Lipinski definition) is 1. The maximum absolute atomic E-state index is 12.8. The Bertz CT molecular complexity index is 717. The molecule has 1 aliphatic heterocycles. The van der Waals surface area contributed by atoms with Crippen molar-refractivity contribution in [1.82, 2.24) is 4.90 Å². The molecule has 2 atom stereocenters. The number of nitrogens with zero attached hydrogens (tertiary/aromatic N) is 1. The van der Waals surface area contributed by atoms with Gasteiger partial charge in [-0.25, -0.2) is 8.42 Å². The van der Waals surface area contributed by atoms with E-state index >= 15 is 0 Å². The summed E-state index contributed by atoms with van der Waals surface area (Å²) in [6.07, 6.45) is 2.44. The summed E-state index contributed by atoms with van der Waals surface area (Å²) in [5.41, 5.74) is 5.97. The van der Waals surface area contributed by atoms with E-state index in [4.69, 9.17) is 5.73 Å². The van der Waals surface area contributed by atoms with Crippen molar-refractivity contribution in [1.29, 1.82) is 0 Å². The quantitative estimate of drug-likeness (QED) is 0.665. The average molecular weight is 435 g/mol. The van der Waals surface area contributed by atoms with Gasteiger partial charge >= 0.3 is 0 Å². The largest absolute Gasteiger partial charge is 0.342 e. The van der Waals surface area contributed by atoms with Crippen LogP contribution in [0.5, 0.6) is 0 Å². The first kappa shape index (κ1) is 24.3. The summed E-state index contributed by atoms with van der Waals surface area (Å²) in [5, 5.41) is -0.320. The minimum atomic E-state index is -3.31. The molecule has 1 heterocycles. The number of thioether (sulfide) groups is 1. The van der Waals surface area contributed by atoms with Gasteiger partial charge in [0, 0.05) is 24.0 Å². The van der Waals surface area contributed by atoms with Gasteiger partial charge in [-0.1, -0.05) is 19.1 Å². The van der Waals surface area contributed by atoms with Gasteiger partial charge in [-0.3, -0.25) is 4.79 Å². The Morgan fingerprint density at radius 2 is 1.85 bits per heavy atom. The van der Waals surface area contributed by atoms with Crippen molar-refractivity contribution in [2.24, 2.45) is 11.7 Å². The molecule has 1 aromatic rings. The minimum absolute atomic E-state index is 0. The zero-order chi connectivity index (χ0) is 19.3. The molecule has 0 spiro atoms. The fourth-order valence-corrected chi connectivity index (χ4v) is 6.24. The summed E-state index contributed by atoms with van der Waals surface area (Å²) in [6.45, 7) is 7.19. The lowest BCUT2D eigenvalue weighted by Crippen LogP contribution is -2.45. The molecule has 0 aliphatic carbocycles. The summed E-state index contributed by atoms with van der Waals surface area (Å²) < 4.78 is 25.0. The van der Waals surface area contributed by atoms with Crippen LogP contribution in [0, 0.1) is 5.92 Å². The van der Waals surface area contributed by atoms with Crippen LogP contribution >= 0.6 is 24.2 Å². The van der Waals surface area contributed by atoms with Crippen molar-refractivity contribution in [3.8, 4) is 0 Å². The SMILES string of the molecule is CCCS(=O)(=O)c1ccccc1SC(C)C(=O)N1CCC(C(C)N)CC1.Cl. The number of piperidine rings is 1. The van der Waals surface area contributed by atoms with Crippen molar-refractivity contribution < 1.29 is 13.2 Å². The maximum Gasteiger partial charge on any atom is 0.235 e. The lowest BCUT2D eigenvalue weighted by atomic mass is 9.91. The summed E-state index contributed by atoms with van der Waals surface area (Å²) >= 11 is 1.34. The zero-order valence-corrected chi connectivity index (χ0v) is 18.7. The number of amides is 1. The van der Waals surface area contributed by atoms with E-state index < -0.39 is 9.84 Å². The Morgan fingerprint density at radius 3 is 2.41 bits per heavy atom. The van der Waals surface area contributed by atoms with Crippen molar-refractivity contribution in [3.05, 3.63) is 24.3 Å². The number of benzene rings is 1. The zero-order valence-electron chi connectivity index (χ0n) is 16.3. The van der Waals surface area contributed by atoms with Crippen LogP contribution in [0.15, 0.2) is 34.1 Å². The normalized spacial score (nSPS) is 17.9. The van der Waals surface area contributed by atoms with Crippen LogP contribution in [0.4, 0.5) is 0 Å². The summed E-state index contributed by atoms with van der Waals surface area (Å²) in [4.78, 5) is 15.7. The van der Waals surface area contributed by atoms with Gasteiger partial charge < -0.3 is 10.6 Å². The molecule has 27 heavy (non-hydrogen) atoms. The number of likely N-dealkylation sites (tertiary alicyclic amines) is 1. The predicted molar refractivity (Wildman–Crippen MR) is 114 cm³/mol. The van der Waals surface area contributed by atoms with E-state index in [1.54, 1.807) is 18.2 Å². The molecule has 1 amide bonds. The van der Waals surface area contributed by atoms with Crippen LogP contribution in [-0.4, -0.2) is 49.4 Å². The molecule has 8 heteroatoms. The topological polar surface area (TPSA) is 80.5 Å². The first-order valence-corrected chi connectivity index (χ1v) is 11.8. The first-order chi connectivity index (χ1) is 12.3. The van der Waals surface area contributed by atoms with Crippen LogP contribution in [0.3, 0.4) is 0 Å². The van der Waals surface area contributed by atoms with Gasteiger partial charge in [0.15, 0.2) is 9.84 Å². The molecule has 5 nitrogen and oxygen atoms in total. The number of nitrogens with two attached hydrogens (primary N) is 1. The second kappa shape index (κ2) is 10.7. The molecule has 1 saturated heterocycles. The third-order valence-electron chi connectivity index (χ3n) is 4.90. The molecule has 1 fully saturated rings. The number of rotatable bonds is 7. The highest BCUT2D eigenvalue weighted by Gasteiger charge is 2.29. The smallest absolute Gasteiger partial charge is 0.235 e. The van der Waals surface area contributed by atoms with E-state index in [0.717, 1.165) is 25.9 Å². The van der Waals surface area contributed by atoms with E-state index in [9.17, 15) is 13.2 Å². The minimum Gasteiger partial charge on any atom is -0.342 e. The fourth-order valence-electron chi connectivity index (χ4n) is 3.33. The number of halogens is 1. The van der Waals surface area contributed by atoms with E-state index in [0.29, 0.717) is 22.1 Å². The molecular formula is C19H31ClN2O3S2. The van der Waals surface area contributed by atoms with E-state index in [2.05, 4.69) is 0 Å². The van der Waals surface area contributed by atoms with E-state index in [-0.39, 0.29) is 35.4 Å². The van der Waals surface area contributed by atoms with Gasteiger partial charge in [-0.15, -0.1) is 24.2 Å². The molecule has 0 radical (unpaired) electrons. The number of carbonyl (C=O) groups excluding carboxylic acids is 1. The van der Waals surface area contributed by atoms with E-state index in [1.807, 2.05) is 31.7 Å². The highest BCUT2D eigenvalue weighted by atomic mass is 35.5. The monoisotopic (exact) mass is 434 g/mol. The molecule has 0 aromatic heterocycles. The molecule has 2 unspecified atom stereocenters. The third-order valence-corrected chi connectivity index (χ3v) is 8.17. The predicted octanol–water partition coefficient (Wildman–Crippen LogP) is 3.36. The number of hydrogen-bond acceptors (Lipinski definition) is 5. The maximum atomic E-state index is 12.8. The Balaban J connectivity index is 0.00000364. The van der Waals surface area contributed by atoms with E-state index in [1.165, 1.54) is 11.8 Å². The van der Waals surface area contributed by atoms with Gasteiger partial charge in [0.2, 0.25) is 5.91 Å². The Morgan fingerprint density at radius 1 is 1.26 bits per heavy atom. The molecule has 1 aromatic carbocycles. The van der Waals surface area contributed by atoms with Crippen LogP contribution in [0.25, 0.3) is 0 Å². The summed E-state index contributed by atoms with van der Waals surface area (Å²) in [7, 11) is -3.31. The molecule has 0 saturated carbocycles. The van der Waals surface area contributed by atoms with Crippen molar-refractivity contribution >= 4 is 39.9 Å². The Labute approximate surface area is 173 Å². The second-order valence-corrected chi connectivity index (χ2v) is 10.5. The third kappa shape index (κ3) is 6.38. The highest BCUT2D eigenvalue weighted by molar-refractivity contribution is 8.01. The standard InChI is InChI=1S/C19H30N2O3S2.ClH/c1-4-13-26(23,24)18-8-6-5-7-17(18)25-15(3)19(22)21-11-9-16(10-12-21)14(2)20;/h5-8,14-16H,4,9-13,20H2,1-3H3;1H. The number of carbonyl (C=O) groups is 1. The Hall–Kier alpha value is -0.760. The molecule has 2 N–H and O–H groups in total. The van der Waals surface area contributed by atoms with Gasteiger partial charge in [0.25, 0.3) is 0 Å². The fraction of sp³-hybridized carbons (Fsp3) is 0.632. The van der Waals surface area contributed by atoms with Gasteiger partial charge in [0.05, 0.1) is 15.9 Å². The van der Waals surface area contributed by atoms with Crippen molar-refractivity contribution in [2.45, 2.75) is 61.1 Å². The molecule has 0 bridgehead atoms. The molecule has 1 aliphatic rings. The highest BCUT2D eigenvalue weighted by Crippen LogP contribution is 2.32. The van der Waals surface area contributed by atoms with Crippen LogP contribution in [0.2, 0.25) is 0 Å². The molecule has 2 rings (SSSR count). The average Bonchev–Trinajstić information content (AvgIpc) is 2.61. The molecular weight excluding hydrogens is 404 g/mol. The first-order valence-electron chi connectivity index (χ1n) is 9.29. The summed E-state index contributed by atoms with van der Waals surface area (Å²) in [5.74, 6) is 0.667. The van der Waals surface area contributed by atoms with Gasteiger partial charge in [-0.05, 0) is 51.2 Å². The van der Waals surface area contributed by atoms with Gasteiger partial charge in [0.1, 0.15) is 0 Å².